The summed E-state index contributed by atoms with van der Waals surface area (Å²) in [5, 5.41) is 5.29. The Morgan fingerprint density at radius 1 is 0.593 bits per heavy atom. The molecule has 2 atom stereocenters. The van der Waals surface area contributed by atoms with Crippen molar-refractivity contribution in [3.05, 3.63) is 220 Å². The van der Waals surface area contributed by atoms with Crippen molar-refractivity contribution >= 4 is 80.2 Å². The molecule has 0 N–H and O–H groups in total. The van der Waals surface area contributed by atoms with Crippen LogP contribution in [-0.2, 0) is 5.41 Å². The van der Waals surface area contributed by atoms with Gasteiger partial charge in [-0.1, -0.05) is 153 Å². The smallest absolute Gasteiger partial charge is 0.0677 e. The summed E-state index contributed by atoms with van der Waals surface area (Å²) in [6, 6.07) is 61.3. The lowest BCUT2D eigenvalue weighted by Gasteiger charge is -2.37. The van der Waals surface area contributed by atoms with Crippen LogP contribution in [0.3, 0.4) is 0 Å². The minimum atomic E-state index is -0.338. The highest BCUT2D eigenvalue weighted by Gasteiger charge is 2.48. The summed E-state index contributed by atoms with van der Waals surface area (Å²) in [6.07, 6.45) is 8.21. The zero-order valence-corrected chi connectivity index (χ0v) is 31.6. The highest BCUT2D eigenvalue weighted by molar-refractivity contribution is 7.26. The lowest BCUT2D eigenvalue weighted by Crippen LogP contribution is -2.31. The number of fused-ring (bicyclic) bond motifs is 8. The second-order valence-electron chi connectivity index (χ2n) is 14.9. The zero-order valence-electron chi connectivity index (χ0n) is 29.9. The molecule has 2 aliphatic rings. The lowest BCUT2D eigenvalue weighted by atomic mass is 9.65. The molecular weight excluding hydrogens is 689 g/mol. The molecule has 7 aromatic carbocycles. The minimum Gasteiger partial charge on any atom is -0.135 e. The fraction of sp³-hybridized carbons (Fsp3) is 0.0769. The molecule has 2 aromatic heterocycles. The molecular formula is C52H36S2. The Bertz CT molecular complexity index is 3020. The predicted octanol–water partition coefficient (Wildman–Crippen LogP) is 14.7. The molecule has 0 radical (unpaired) electrons. The van der Waals surface area contributed by atoms with E-state index in [0.29, 0.717) is 5.92 Å². The Labute approximate surface area is 323 Å². The summed E-state index contributed by atoms with van der Waals surface area (Å²) in [5.41, 5.74) is 13.0. The highest BCUT2D eigenvalue weighted by atomic mass is 32.1. The molecule has 2 heteroatoms. The van der Waals surface area contributed by atoms with Crippen molar-refractivity contribution in [1.29, 1.82) is 0 Å². The summed E-state index contributed by atoms with van der Waals surface area (Å²) in [7, 11) is 0. The third-order valence-electron chi connectivity index (χ3n) is 11.7. The predicted molar refractivity (Wildman–Crippen MR) is 235 cm³/mol. The summed E-state index contributed by atoms with van der Waals surface area (Å²) in [6.45, 7) is 2.35. The molecule has 0 saturated heterocycles. The first-order valence-electron chi connectivity index (χ1n) is 18.9. The minimum absolute atomic E-state index is 0.338. The average Bonchev–Trinajstić information content (AvgIpc) is 3.88. The molecule has 0 amide bonds. The first-order valence-corrected chi connectivity index (χ1v) is 20.5. The van der Waals surface area contributed by atoms with E-state index in [2.05, 4.69) is 189 Å². The number of benzene rings is 7. The molecule has 256 valence electrons. The van der Waals surface area contributed by atoms with Crippen molar-refractivity contribution in [2.75, 3.05) is 0 Å². The van der Waals surface area contributed by atoms with Gasteiger partial charge in [0.05, 0.1) is 5.41 Å². The number of hydrogen-bond donors (Lipinski definition) is 0. The first-order chi connectivity index (χ1) is 26.7. The van der Waals surface area contributed by atoms with Gasteiger partial charge in [-0.05, 0) is 104 Å². The Morgan fingerprint density at radius 3 is 2.22 bits per heavy atom. The third-order valence-corrected chi connectivity index (χ3v) is 14.0. The van der Waals surface area contributed by atoms with Crippen LogP contribution in [0.5, 0.6) is 0 Å². The molecule has 0 aliphatic heterocycles. The molecule has 11 rings (SSSR count). The average molecular weight is 725 g/mol. The van der Waals surface area contributed by atoms with Crippen LogP contribution in [-0.4, -0.2) is 0 Å². The number of rotatable bonds is 5. The van der Waals surface area contributed by atoms with E-state index in [-0.39, 0.29) is 5.41 Å². The largest absolute Gasteiger partial charge is 0.135 e. The van der Waals surface area contributed by atoms with Crippen molar-refractivity contribution < 1.29 is 0 Å². The first kappa shape index (κ1) is 31.7. The van der Waals surface area contributed by atoms with Crippen LogP contribution in [0.1, 0.15) is 52.3 Å². The van der Waals surface area contributed by atoms with E-state index in [1.165, 1.54) is 96.0 Å². The van der Waals surface area contributed by atoms with Gasteiger partial charge in [0.15, 0.2) is 0 Å². The molecule has 2 unspecified atom stereocenters. The van der Waals surface area contributed by atoms with Crippen LogP contribution in [0.2, 0.25) is 0 Å². The normalized spacial score (nSPS) is 18.2. The van der Waals surface area contributed by atoms with Crippen LogP contribution in [0, 0.1) is 5.92 Å². The monoisotopic (exact) mass is 724 g/mol. The van der Waals surface area contributed by atoms with E-state index in [1.54, 1.807) is 0 Å². The maximum absolute atomic E-state index is 2.52. The molecule has 0 fully saturated rings. The Balaban J connectivity index is 1.12. The summed E-state index contributed by atoms with van der Waals surface area (Å²) < 4.78 is 5.30. The highest BCUT2D eigenvalue weighted by Crippen LogP contribution is 2.58. The fourth-order valence-corrected chi connectivity index (χ4v) is 11.7. The molecule has 54 heavy (non-hydrogen) atoms. The molecule has 9 aromatic rings. The maximum atomic E-state index is 2.52. The Morgan fingerprint density at radius 2 is 1.33 bits per heavy atom. The van der Waals surface area contributed by atoms with Gasteiger partial charge in [0.25, 0.3) is 0 Å². The van der Waals surface area contributed by atoms with Crippen LogP contribution in [0.4, 0.5) is 0 Å². The van der Waals surface area contributed by atoms with Crippen LogP contribution < -0.4 is 0 Å². The zero-order chi connectivity index (χ0) is 35.8. The second kappa shape index (κ2) is 12.4. The summed E-state index contributed by atoms with van der Waals surface area (Å²) in [5.74, 6) is 0.490. The van der Waals surface area contributed by atoms with Gasteiger partial charge in [0, 0.05) is 40.3 Å². The third kappa shape index (κ3) is 4.73. The van der Waals surface area contributed by atoms with Crippen molar-refractivity contribution in [2.45, 2.75) is 18.8 Å². The number of thiophene rings is 2. The van der Waals surface area contributed by atoms with E-state index in [9.17, 15) is 0 Å². The van der Waals surface area contributed by atoms with E-state index in [1.807, 2.05) is 22.7 Å². The maximum Gasteiger partial charge on any atom is 0.0677 e. The topological polar surface area (TPSA) is 0 Å². The van der Waals surface area contributed by atoms with E-state index < -0.39 is 0 Å². The quantitative estimate of drug-likeness (QED) is 0.155. The van der Waals surface area contributed by atoms with Crippen LogP contribution in [0.25, 0.3) is 57.6 Å². The van der Waals surface area contributed by atoms with Crippen LogP contribution in [0.15, 0.2) is 182 Å². The van der Waals surface area contributed by atoms with Crippen molar-refractivity contribution in [2.24, 2.45) is 5.92 Å². The molecule has 0 spiro atoms. The van der Waals surface area contributed by atoms with Crippen LogP contribution >= 0.6 is 22.7 Å². The van der Waals surface area contributed by atoms with Crippen molar-refractivity contribution in [3.8, 4) is 0 Å². The summed E-state index contributed by atoms with van der Waals surface area (Å²) >= 11 is 3.80. The van der Waals surface area contributed by atoms with E-state index in [0.717, 1.165) is 6.42 Å². The molecule has 0 saturated carbocycles. The van der Waals surface area contributed by atoms with Gasteiger partial charge < -0.3 is 0 Å². The number of hydrogen-bond acceptors (Lipinski definition) is 2. The van der Waals surface area contributed by atoms with Gasteiger partial charge in [-0.3, -0.25) is 0 Å². The lowest BCUT2D eigenvalue weighted by molar-refractivity contribution is 0.623. The standard InChI is InChI=1S/C52H36S2/c1-33-23-26-39-38-17-8-10-20-45(38)52(46(39)29-33,36-15-6-3-7-16-36)37-25-27-40-44-31-35(24-28-48(44)54-50(40)32-37)43(30-34-13-4-2-5-14-34)41-19-12-22-49-51(41)42-18-9-11-21-47(42)53-49/h2-28,30-33H,29H2,1H3/b43-30-. The van der Waals surface area contributed by atoms with Gasteiger partial charge in [-0.25, -0.2) is 0 Å². The van der Waals surface area contributed by atoms with Crippen molar-refractivity contribution in [1.82, 2.24) is 0 Å². The molecule has 0 bridgehead atoms. The Hall–Kier alpha value is -5.80. The van der Waals surface area contributed by atoms with Gasteiger partial charge in [0.2, 0.25) is 0 Å². The van der Waals surface area contributed by atoms with E-state index >= 15 is 0 Å². The Kier molecular flexibility index (Phi) is 7.27. The van der Waals surface area contributed by atoms with Gasteiger partial charge >= 0.3 is 0 Å². The number of allylic oxidation sites excluding steroid dienone is 4. The second-order valence-corrected chi connectivity index (χ2v) is 17.0. The van der Waals surface area contributed by atoms with Gasteiger partial charge in [0.1, 0.15) is 0 Å². The molecule has 2 heterocycles. The fourth-order valence-electron chi connectivity index (χ4n) is 9.40. The molecule has 2 aliphatic carbocycles. The van der Waals surface area contributed by atoms with Crippen molar-refractivity contribution in [3.63, 3.8) is 0 Å². The van der Waals surface area contributed by atoms with Gasteiger partial charge in [-0.15, -0.1) is 22.7 Å². The van der Waals surface area contributed by atoms with E-state index in [4.69, 9.17) is 0 Å². The SMILES string of the molecule is CC1C=CC2=C(C1)C(c1ccccc1)(c1ccc3c(c1)sc1ccc(/C(=C/c4ccccc4)c4cccc5sc6ccccc6c45)cc13)c1ccccc12. The van der Waals surface area contributed by atoms with Gasteiger partial charge in [-0.2, -0.15) is 0 Å². The summed E-state index contributed by atoms with van der Waals surface area (Å²) in [4.78, 5) is 0. The molecule has 0 nitrogen and oxygen atoms in total.